The zero-order chi connectivity index (χ0) is 24.0. The van der Waals surface area contributed by atoms with Gasteiger partial charge in [-0.2, -0.15) is 0 Å². The average molecular weight is 514 g/mol. The van der Waals surface area contributed by atoms with Crippen molar-refractivity contribution >= 4 is 57.8 Å². The number of hydrogen-bond donors (Lipinski definition) is 2. The standard InChI is InChI=1S/C25H21Cl2N3O3S/c1-25-20(23(31)28-16-11-9-14(26)10-12-16)21(18-7-4-8-19(32-2)22(18)33-25)29-24(34)30(25)17-6-3-5-15(27)13-17/h3-13,20-21H,1-2H3,(H,28,31)(H,29,34)/t20-,21-,25-/m0/s1. The summed E-state index contributed by atoms with van der Waals surface area (Å²) >= 11 is 18.1. The van der Waals surface area contributed by atoms with Crippen molar-refractivity contribution in [2.24, 2.45) is 5.92 Å². The van der Waals surface area contributed by atoms with Gasteiger partial charge in [0, 0.05) is 27.0 Å². The highest BCUT2D eigenvalue weighted by atomic mass is 35.5. The van der Waals surface area contributed by atoms with Crippen LogP contribution >= 0.6 is 35.4 Å². The van der Waals surface area contributed by atoms with Gasteiger partial charge in [0.2, 0.25) is 5.91 Å². The van der Waals surface area contributed by atoms with E-state index >= 15 is 0 Å². The fourth-order valence-corrected chi connectivity index (χ4v) is 5.41. The van der Waals surface area contributed by atoms with Gasteiger partial charge in [0.15, 0.2) is 22.3 Å². The van der Waals surface area contributed by atoms with E-state index in [4.69, 9.17) is 44.9 Å². The molecule has 2 heterocycles. The van der Waals surface area contributed by atoms with Gasteiger partial charge in [-0.05, 0) is 67.7 Å². The average Bonchev–Trinajstić information content (AvgIpc) is 2.79. The van der Waals surface area contributed by atoms with Crippen molar-refractivity contribution in [3.8, 4) is 11.5 Å². The Kier molecular flexibility index (Phi) is 5.80. The minimum atomic E-state index is -1.18. The van der Waals surface area contributed by atoms with Crippen molar-refractivity contribution in [1.82, 2.24) is 5.32 Å². The highest BCUT2D eigenvalue weighted by molar-refractivity contribution is 7.80. The Morgan fingerprint density at radius 2 is 1.85 bits per heavy atom. The van der Waals surface area contributed by atoms with E-state index in [1.165, 1.54) is 0 Å². The molecule has 0 unspecified atom stereocenters. The van der Waals surface area contributed by atoms with Crippen LogP contribution in [0, 0.1) is 5.92 Å². The van der Waals surface area contributed by atoms with Crippen LogP contribution in [0.5, 0.6) is 11.5 Å². The first-order chi connectivity index (χ1) is 16.3. The number of fused-ring (bicyclic) bond motifs is 4. The number of hydrogen-bond acceptors (Lipinski definition) is 4. The number of amides is 1. The molecule has 3 aromatic carbocycles. The summed E-state index contributed by atoms with van der Waals surface area (Å²) in [6.07, 6.45) is 0. The highest BCUT2D eigenvalue weighted by Gasteiger charge is 2.59. The number of rotatable bonds is 4. The number of benzene rings is 3. The fraction of sp³-hybridized carbons (Fsp3) is 0.200. The summed E-state index contributed by atoms with van der Waals surface area (Å²) in [5, 5.41) is 7.94. The zero-order valence-electron chi connectivity index (χ0n) is 18.3. The fourth-order valence-electron chi connectivity index (χ4n) is 4.69. The topological polar surface area (TPSA) is 62.8 Å². The highest BCUT2D eigenvalue weighted by Crippen LogP contribution is 2.52. The third-order valence-electron chi connectivity index (χ3n) is 6.17. The molecule has 34 heavy (non-hydrogen) atoms. The molecule has 2 aliphatic heterocycles. The maximum Gasteiger partial charge on any atom is 0.236 e. The Bertz CT molecular complexity index is 1290. The maximum absolute atomic E-state index is 13.8. The lowest BCUT2D eigenvalue weighted by atomic mass is 9.78. The third-order valence-corrected chi connectivity index (χ3v) is 6.96. The Labute approximate surface area is 212 Å². The lowest BCUT2D eigenvalue weighted by Crippen LogP contribution is -2.72. The molecule has 0 aromatic heterocycles. The van der Waals surface area contributed by atoms with Crippen LogP contribution in [-0.4, -0.2) is 23.9 Å². The van der Waals surface area contributed by atoms with E-state index in [9.17, 15) is 4.79 Å². The van der Waals surface area contributed by atoms with Gasteiger partial charge in [-0.25, -0.2) is 0 Å². The molecule has 1 amide bonds. The monoisotopic (exact) mass is 513 g/mol. The number of nitrogens with one attached hydrogen (secondary N) is 2. The molecule has 0 radical (unpaired) electrons. The summed E-state index contributed by atoms with van der Waals surface area (Å²) in [5.41, 5.74) is 0.940. The Balaban J connectivity index is 1.65. The van der Waals surface area contributed by atoms with Crippen molar-refractivity contribution in [1.29, 1.82) is 0 Å². The van der Waals surface area contributed by atoms with Crippen LogP contribution in [0.15, 0.2) is 66.7 Å². The molecule has 3 atom stereocenters. The minimum absolute atomic E-state index is 0.231. The molecule has 2 N–H and O–H groups in total. The molecule has 9 heteroatoms. The predicted molar refractivity (Wildman–Crippen MR) is 138 cm³/mol. The van der Waals surface area contributed by atoms with Gasteiger partial charge in [-0.15, -0.1) is 0 Å². The van der Waals surface area contributed by atoms with Gasteiger partial charge >= 0.3 is 0 Å². The van der Waals surface area contributed by atoms with Gasteiger partial charge in [0.1, 0.15) is 5.92 Å². The van der Waals surface area contributed by atoms with Crippen LogP contribution in [0.3, 0.4) is 0 Å². The maximum atomic E-state index is 13.8. The molecule has 174 valence electrons. The molecule has 1 saturated heterocycles. The van der Waals surface area contributed by atoms with E-state index in [-0.39, 0.29) is 5.91 Å². The number of anilines is 2. The summed E-state index contributed by atoms with van der Waals surface area (Å²) in [6.45, 7) is 1.86. The zero-order valence-corrected chi connectivity index (χ0v) is 20.7. The number of carbonyl (C=O) groups excluding carboxylic acids is 1. The van der Waals surface area contributed by atoms with Crippen molar-refractivity contribution in [2.45, 2.75) is 18.7 Å². The van der Waals surface area contributed by atoms with E-state index in [0.717, 1.165) is 5.56 Å². The van der Waals surface area contributed by atoms with Crippen LogP contribution in [0.25, 0.3) is 0 Å². The first kappa shape index (κ1) is 22.8. The Morgan fingerprint density at radius 3 is 2.56 bits per heavy atom. The molecule has 0 spiro atoms. The van der Waals surface area contributed by atoms with Crippen LogP contribution in [0.1, 0.15) is 18.5 Å². The second-order valence-electron chi connectivity index (χ2n) is 8.25. The summed E-state index contributed by atoms with van der Waals surface area (Å²) in [4.78, 5) is 15.6. The molecule has 5 rings (SSSR count). The molecule has 1 fully saturated rings. The molecule has 0 aliphatic carbocycles. The normalized spacial score (nSPS) is 22.8. The SMILES string of the molecule is COc1cccc2c1O[C@@]1(C)[C@H](C(=O)Nc3ccc(Cl)cc3)[C@H]2NC(=S)N1c1cccc(Cl)c1. The predicted octanol–water partition coefficient (Wildman–Crippen LogP) is 5.80. The van der Waals surface area contributed by atoms with E-state index in [2.05, 4.69) is 10.6 Å². The van der Waals surface area contributed by atoms with Gasteiger partial charge in [0.05, 0.1) is 13.2 Å². The first-order valence-corrected chi connectivity index (χ1v) is 11.8. The molecule has 0 saturated carbocycles. The third kappa shape index (κ3) is 3.74. The Morgan fingerprint density at radius 1 is 1.12 bits per heavy atom. The number of ether oxygens (including phenoxy) is 2. The summed E-state index contributed by atoms with van der Waals surface area (Å²) in [6, 6.07) is 19.4. The van der Waals surface area contributed by atoms with Crippen LogP contribution in [-0.2, 0) is 4.79 Å². The largest absolute Gasteiger partial charge is 0.493 e. The molecule has 3 aromatic rings. The van der Waals surface area contributed by atoms with Gasteiger partial charge in [0.25, 0.3) is 0 Å². The van der Waals surface area contributed by atoms with Crippen molar-refractivity contribution in [3.63, 3.8) is 0 Å². The van der Waals surface area contributed by atoms with Gasteiger partial charge < -0.3 is 20.1 Å². The number of para-hydroxylation sites is 1. The number of halogens is 2. The number of carbonyl (C=O) groups is 1. The van der Waals surface area contributed by atoms with Crippen LogP contribution < -0.4 is 25.0 Å². The number of methoxy groups -OCH3 is 1. The molecular formula is C25H21Cl2N3O3S. The quantitative estimate of drug-likeness (QED) is 0.429. The summed E-state index contributed by atoms with van der Waals surface area (Å²) in [7, 11) is 1.59. The van der Waals surface area contributed by atoms with E-state index in [0.29, 0.717) is 38.0 Å². The second kappa shape index (κ2) is 8.65. The molecule has 6 nitrogen and oxygen atoms in total. The lowest BCUT2D eigenvalue weighted by Gasteiger charge is -2.56. The number of nitrogens with zero attached hydrogens (tertiary/aromatic N) is 1. The molecule has 2 aliphatic rings. The molecular weight excluding hydrogens is 493 g/mol. The summed E-state index contributed by atoms with van der Waals surface area (Å²) in [5.74, 6) is 0.222. The van der Waals surface area contributed by atoms with Crippen molar-refractivity contribution in [3.05, 3.63) is 82.3 Å². The van der Waals surface area contributed by atoms with Crippen LogP contribution in [0.4, 0.5) is 11.4 Å². The smallest absolute Gasteiger partial charge is 0.236 e. The van der Waals surface area contributed by atoms with Gasteiger partial charge in [-0.1, -0.05) is 41.4 Å². The van der Waals surface area contributed by atoms with Crippen molar-refractivity contribution in [2.75, 3.05) is 17.3 Å². The van der Waals surface area contributed by atoms with E-state index in [1.807, 2.05) is 37.3 Å². The minimum Gasteiger partial charge on any atom is -0.493 e. The molecule has 2 bridgehead atoms. The van der Waals surface area contributed by atoms with E-state index < -0.39 is 17.7 Å². The Hall–Kier alpha value is -3.00. The lowest BCUT2D eigenvalue weighted by molar-refractivity contribution is -0.130. The van der Waals surface area contributed by atoms with Crippen molar-refractivity contribution < 1.29 is 14.3 Å². The summed E-state index contributed by atoms with van der Waals surface area (Å²) < 4.78 is 12.2. The second-order valence-corrected chi connectivity index (χ2v) is 9.51. The first-order valence-electron chi connectivity index (χ1n) is 10.6. The van der Waals surface area contributed by atoms with Crippen LogP contribution in [0.2, 0.25) is 10.0 Å². The van der Waals surface area contributed by atoms with Gasteiger partial charge in [-0.3, -0.25) is 9.69 Å². The van der Waals surface area contributed by atoms with E-state index in [1.54, 1.807) is 48.4 Å². The number of thiocarbonyl (C=S) groups is 1.